The Bertz CT molecular complexity index is 1160. The molecule has 0 aliphatic carbocycles. The predicted molar refractivity (Wildman–Crippen MR) is 118 cm³/mol. The van der Waals surface area contributed by atoms with Gasteiger partial charge in [0.25, 0.3) is 0 Å². The zero-order chi connectivity index (χ0) is 20.8. The van der Waals surface area contributed by atoms with Gasteiger partial charge in [0.1, 0.15) is 11.4 Å². The van der Waals surface area contributed by atoms with Crippen molar-refractivity contribution in [1.29, 1.82) is 0 Å². The molecule has 0 atom stereocenters. The number of carbonyl (C=O) groups is 1. The zero-order valence-electron chi connectivity index (χ0n) is 15.9. The van der Waals surface area contributed by atoms with Crippen LogP contribution in [0.2, 0.25) is 5.02 Å². The first-order valence-corrected chi connectivity index (χ1v) is 9.71. The van der Waals surface area contributed by atoms with E-state index in [4.69, 9.17) is 11.6 Å². The Balaban J connectivity index is 1.57. The molecule has 0 aliphatic rings. The van der Waals surface area contributed by atoms with Crippen molar-refractivity contribution in [2.45, 2.75) is 6.42 Å². The van der Waals surface area contributed by atoms with E-state index in [1.54, 1.807) is 12.1 Å². The summed E-state index contributed by atoms with van der Waals surface area (Å²) in [5.74, 6) is -0.207. The first-order chi connectivity index (χ1) is 14.7. The van der Waals surface area contributed by atoms with Crippen molar-refractivity contribution in [1.82, 2.24) is 20.4 Å². The number of carbonyl (C=O) groups excluding carboxylic acids is 1. The number of rotatable bonds is 6. The Morgan fingerprint density at radius 1 is 0.933 bits per heavy atom. The molecule has 0 fully saturated rings. The molecule has 0 aliphatic heterocycles. The van der Waals surface area contributed by atoms with E-state index in [1.165, 1.54) is 11.0 Å². The molecule has 0 spiro atoms. The van der Waals surface area contributed by atoms with E-state index >= 15 is 0 Å². The van der Waals surface area contributed by atoms with Crippen molar-refractivity contribution in [3.8, 4) is 16.9 Å². The summed E-state index contributed by atoms with van der Waals surface area (Å²) < 4.78 is 0. The summed E-state index contributed by atoms with van der Waals surface area (Å²) in [6, 6.07) is 26.4. The average Bonchev–Trinajstić information content (AvgIpc) is 3.20. The molecule has 6 nitrogen and oxygen atoms in total. The van der Waals surface area contributed by atoms with Crippen molar-refractivity contribution < 1.29 is 4.79 Å². The van der Waals surface area contributed by atoms with E-state index in [-0.39, 0.29) is 12.3 Å². The number of halogens is 1. The molecule has 1 heterocycles. The third-order valence-corrected chi connectivity index (χ3v) is 4.58. The lowest BCUT2D eigenvalue weighted by molar-refractivity contribution is -0.120. The molecule has 7 heteroatoms. The van der Waals surface area contributed by atoms with Gasteiger partial charge in [-0.05, 0) is 29.8 Å². The number of benzene rings is 3. The minimum atomic E-state index is -0.207. The van der Waals surface area contributed by atoms with Gasteiger partial charge in [-0.3, -0.25) is 4.79 Å². The molecule has 0 radical (unpaired) electrons. The fraction of sp³-hybridized carbons (Fsp3) is 0.0435. The average molecular weight is 416 g/mol. The van der Waals surface area contributed by atoms with Gasteiger partial charge in [0, 0.05) is 10.6 Å². The second kappa shape index (κ2) is 9.15. The smallest absolute Gasteiger partial charge is 0.244 e. The fourth-order valence-electron chi connectivity index (χ4n) is 2.88. The van der Waals surface area contributed by atoms with Gasteiger partial charge in [0.05, 0.1) is 18.3 Å². The Morgan fingerprint density at radius 2 is 1.60 bits per heavy atom. The van der Waals surface area contributed by atoms with Gasteiger partial charge < -0.3 is 0 Å². The summed E-state index contributed by atoms with van der Waals surface area (Å²) in [5, 5.41) is 13.9. The van der Waals surface area contributed by atoms with Crippen LogP contribution in [-0.4, -0.2) is 27.1 Å². The highest BCUT2D eigenvalue weighted by Gasteiger charge is 2.13. The van der Waals surface area contributed by atoms with Crippen LogP contribution in [0.1, 0.15) is 11.3 Å². The van der Waals surface area contributed by atoms with Crippen molar-refractivity contribution in [2.75, 3.05) is 0 Å². The molecule has 1 N–H and O–H groups in total. The Morgan fingerprint density at radius 3 is 2.30 bits per heavy atom. The highest BCUT2D eigenvalue weighted by Crippen LogP contribution is 2.22. The van der Waals surface area contributed by atoms with Crippen LogP contribution in [0.25, 0.3) is 16.9 Å². The van der Waals surface area contributed by atoms with Crippen LogP contribution in [0, 0.1) is 0 Å². The maximum atomic E-state index is 12.1. The molecule has 30 heavy (non-hydrogen) atoms. The van der Waals surface area contributed by atoms with Crippen LogP contribution < -0.4 is 5.43 Å². The third kappa shape index (κ3) is 4.79. The lowest BCUT2D eigenvalue weighted by Gasteiger charge is -2.00. The summed E-state index contributed by atoms with van der Waals surface area (Å²) in [4.78, 5) is 13.7. The Labute approximate surface area is 178 Å². The second-order valence-corrected chi connectivity index (χ2v) is 6.96. The van der Waals surface area contributed by atoms with Gasteiger partial charge in [-0.25, -0.2) is 5.43 Å². The zero-order valence-corrected chi connectivity index (χ0v) is 16.7. The summed E-state index contributed by atoms with van der Waals surface area (Å²) in [7, 11) is 0. The van der Waals surface area contributed by atoms with Crippen molar-refractivity contribution in [2.24, 2.45) is 5.10 Å². The van der Waals surface area contributed by atoms with Crippen molar-refractivity contribution in [3.05, 3.63) is 101 Å². The number of hydrogen-bond donors (Lipinski definition) is 1. The summed E-state index contributed by atoms with van der Waals surface area (Å²) in [5.41, 5.74) is 6.30. The van der Waals surface area contributed by atoms with Gasteiger partial charge in [0.15, 0.2) is 0 Å². The van der Waals surface area contributed by atoms with E-state index in [2.05, 4.69) is 20.7 Å². The van der Waals surface area contributed by atoms with Crippen molar-refractivity contribution >= 4 is 23.7 Å². The topological polar surface area (TPSA) is 72.2 Å². The van der Waals surface area contributed by atoms with Gasteiger partial charge in [0.2, 0.25) is 5.91 Å². The Kier molecular flexibility index (Phi) is 5.96. The molecule has 1 amide bonds. The highest BCUT2D eigenvalue weighted by atomic mass is 35.5. The molecule has 0 saturated heterocycles. The molecule has 3 aromatic carbocycles. The SMILES string of the molecule is O=C(Cc1ccccc1)N/N=C/c1nn(-c2ccccc2)nc1-c1ccc(Cl)cc1. The maximum absolute atomic E-state index is 12.1. The number of nitrogens with zero attached hydrogens (tertiary/aromatic N) is 4. The van der Waals surface area contributed by atoms with E-state index in [9.17, 15) is 4.79 Å². The predicted octanol–water partition coefficient (Wildman–Crippen LogP) is 4.28. The molecule has 4 aromatic rings. The molecule has 0 unspecified atom stereocenters. The first kappa shape index (κ1) is 19.5. The Hall–Kier alpha value is -3.77. The molecule has 1 aromatic heterocycles. The second-order valence-electron chi connectivity index (χ2n) is 6.52. The number of para-hydroxylation sites is 1. The largest absolute Gasteiger partial charge is 0.273 e. The van der Waals surface area contributed by atoms with E-state index in [0.29, 0.717) is 16.4 Å². The van der Waals surface area contributed by atoms with Crippen LogP contribution in [0.3, 0.4) is 0 Å². The molecule has 0 saturated carbocycles. The van der Waals surface area contributed by atoms with Crippen LogP contribution in [-0.2, 0) is 11.2 Å². The van der Waals surface area contributed by atoms with Crippen LogP contribution in [0.5, 0.6) is 0 Å². The third-order valence-electron chi connectivity index (χ3n) is 4.33. The highest BCUT2D eigenvalue weighted by molar-refractivity contribution is 6.30. The van der Waals surface area contributed by atoms with Crippen LogP contribution in [0.15, 0.2) is 90.0 Å². The molecular weight excluding hydrogens is 398 g/mol. The molecule has 148 valence electrons. The van der Waals surface area contributed by atoms with Crippen molar-refractivity contribution in [3.63, 3.8) is 0 Å². The van der Waals surface area contributed by atoms with Crippen LogP contribution in [0.4, 0.5) is 0 Å². The number of amides is 1. The van der Waals surface area contributed by atoms with Crippen LogP contribution >= 0.6 is 11.6 Å². The van der Waals surface area contributed by atoms with Gasteiger partial charge >= 0.3 is 0 Å². The minimum Gasteiger partial charge on any atom is -0.273 e. The summed E-state index contributed by atoms with van der Waals surface area (Å²) in [6.07, 6.45) is 1.75. The minimum absolute atomic E-state index is 0.207. The number of hydrogen-bond acceptors (Lipinski definition) is 4. The summed E-state index contributed by atoms with van der Waals surface area (Å²) >= 11 is 6.01. The lowest BCUT2D eigenvalue weighted by atomic mass is 10.1. The van der Waals surface area contributed by atoms with Gasteiger partial charge in [-0.2, -0.15) is 9.90 Å². The maximum Gasteiger partial charge on any atom is 0.244 e. The molecule has 4 rings (SSSR count). The normalized spacial score (nSPS) is 11.0. The quantitative estimate of drug-likeness (QED) is 0.377. The number of aromatic nitrogens is 3. The monoisotopic (exact) mass is 415 g/mol. The lowest BCUT2D eigenvalue weighted by Crippen LogP contribution is -2.19. The molecule has 0 bridgehead atoms. The van der Waals surface area contributed by atoms with Gasteiger partial charge in [-0.1, -0.05) is 72.3 Å². The standard InChI is InChI=1S/C23H18ClN5O/c24-19-13-11-18(12-14-19)23-21(27-29(28-23)20-9-5-2-6-10-20)16-25-26-22(30)15-17-7-3-1-4-8-17/h1-14,16H,15H2,(H,26,30)/b25-16+. The summed E-state index contributed by atoms with van der Waals surface area (Å²) in [6.45, 7) is 0. The van der Waals surface area contributed by atoms with Gasteiger partial charge in [-0.15, -0.1) is 10.2 Å². The van der Waals surface area contributed by atoms with E-state index < -0.39 is 0 Å². The first-order valence-electron chi connectivity index (χ1n) is 9.33. The van der Waals surface area contributed by atoms with E-state index in [1.807, 2.05) is 72.8 Å². The number of nitrogens with one attached hydrogen (secondary N) is 1. The number of hydrazone groups is 1. The fourth-order valence-corrected chi connectivity index (χ4v) is 3.01. The molecular formula is C23H18ClN5O. The van der Waals surface area contributed by atoms with E-state index in [0.717, 1.165) is 16.8 Å².